The average Bonchev–Trinajstić information content (AvgIpc) is 2.84. The minimum Gasteiger partial charge on any atom is -0.408 e. The molecule has 5 nitrogen and oxygen atoms in total. The van der Waals surface area contributed by atoms with E-state index in [-0.39, 0.29) is 24.2 Å². The molecule has 0 aliphatic carbocycles. The maximum Gasteiger partial charge on any atom is 0.312 e. The Hall–Kier alpha value is -2.21. The van der Waals surface area contributed by atoms with E-state index in [0.29, 0.717) is 11.2 Å². The summed E-state index contributed by atoms with van der Waals surface area (Å²) in [6.45, 7) is 7.30. The maximum atomic E-state index is 12.3. The van der Waals surface area contributed by atoms with Gasteiger partial charge in [0.2, 0.25) is 11.8 Å². The molecule has 0 aliphatic rings. The van der Waals surface area contributed by atoms with Gasteiger partial charge >= 0.3 is 5.97 Å². The van der Waals surface area contributed by atoms with Gasteiger partial charge in [0.05, 0.1) is 10.6 Å². The zero-order chi connectivity index (χ0) is 17.0. The highest BCUT2D eigenvalue weighted by atomic mass is 32.1. The van der Waals surface area contributed by atoms with Crippen molar-refractivity contribution in [3.63, 3.8) is 0 Å². The molecule has 0 N–H and O–H groups in total. The van der Waals surface area contributed by atoms with Crippen LogP contribution in [-0.4, -0.2) is 16.4 Å². The minimum atomic E-state index is -0.370. The van der Waals surface area contributed by atoms with Crippen LogP contribution in [0.4, 0.5) is 5.69 Å². The van der Waals surface area contributed by atoms with E-state index in [1.807, 2.05) is 38.1 Å². The van der Waals surface area contributed by atoms with Gasteiger partial charge in [0.15, 0.2) is 4.80 Å². The van der Waals surface area contributed by atoms with Crippen LogP contribution in [0.5, 0.6) is 5.88 Å². The molecule has 122 valence electrons. The number of rotatable bonds is 4. The summed E-state index contributed by atoms with van der Waals surface area (Å²) in [6.07, 6.45) is 0.550. The number of benzene rings is 1. The molecule has 0 fully saturated rings. The molecule has 0 saturated carbocycles. The molecule has 1 heterocycles. The van der Waals surface area contributed by atoms with Gasteiger partial charge in [-0.1, -0.05) is 42.9 Å². The Kier molecular flexibility index (Phi) is 5.50. The third-order valence-electron chi connectivity index (χ3n) is 3.25. The number of hydrogen-bond acceptors (Lipinski definition) is 5. The van der Waals surface area contributed by atoms with Crippen molar-refractivity contribution >= 4 is 28.9 Å². The first-order valence-corrected chi connectivity index (χ1v) is 8.35. The molecule has 1 aromatic heterocycles. The van der Waals surface area contributed by atoms with Crippen LogP contribution in [0.3, 0.4) is 0 Å². The lowest BCUT2D eigenvalue weighted by atomic mass is 10.2. The first-order chi connectivity index (χ1) is 11.0. The van der Waals surface area contributed by atoms with E-state index in [4.69, 9.17) is 4.74 Å². The van der Waals surface area contributed by atoms with E-state index in [0.717, 1.165) is 16.1 Å². The zero-order valence-electron chi connectivity index (χ0n) is 13.8. The minimum absolute atomic E-state index is 0.154. The van der Waals surface area contributed by atoms with Crippen molar-refractivity contribution in [1.82, 2.24) is 4.57 Å². The summed E-state index contributed by atoms with van der Waals surface area (Å²) in [5.41, 5.74) is 1.89. The Morgan fingerprint density at radius 1 is 1.13 bits per heavy atom. The topological polar surface area (TPSA) is 60.7 Å². The molecule has 23 heavy (non-hydrogen) atoms. The highest BCUT2D eigenvalue weighted by Gasteiger charge is 2.19. The van der Waals surface area contributed by atoms with Crippen LogP contribution in [0.2, 0.25) is 0 Å². The number of nitrogens with zero attached hydrogens (tertiary/aromatic N) is 2. The second kappa shape index (κ2) is 7.37. The highest BCUT2D eigenvalue weighted by molar-refractivity contribution is 7.09. The van der Waals surface area contributed by atoms with E-state index in [1.165, 1.54) is 15.9 Å². The Morgan fingerprint density at radius 3 is 2.35 bits per heavy atom. The van der Waals surface area contributed by atoms with Crippen LogP contribution in [0.15, 0.2) is 29.3 Å². The van der Waals surface area contributed by atoms with Crippen molar-refractivity contribution in [1.29, 1.82) is 0 Å². The number of thiazole rings is 1. The summed E-state index contributed by atoms with van der Waals surface area (Å²) in [5, 5.41) is 0. The molecule has 0 atom stereocenters. The molecular weight excluding hydrogens is 312 g/mol. The SMILES string of the molecule is CCC(=O)Oc1c(C)sc(=Nc2ccc(C)cc2)n1C(=O)CC. The van der Waals surface area contributed by atoms with Gasteiger partial charge < -0.3 is 4.74 Å². The standard InChI is InChI=1S/C17H20N2O3S/c1-5-14(20)19-16(22-15(21)6-2)12(4)23-17(19)18-13-9-7-11(3)8-10-13/h7-10H,5-6H2,1-4H3. The van der Waals surface area contributed by atoms with Gasteiger partial charge in [-0.15, -0.1) is 0 Å². The van der Waals surface area contributed by atoms with Crippen LogP contribution in [0.25, 0.3) is 0 Å². The molecule has 0 aliphatic heterocycles. The Morgan fingerprint density at radius 2 is 1.78 bits per heavy atom. The van der Waals surface area contributed by atoms with Gasteiger partial charge in [0, 0.05) is 12.8 Å². The lowest BCUT2D eigenvalue weighted by Crippen LogP contribution is -2.24. The second-order valence-corrected chi connectivity index (χ2v) is 6.29. The van der Waals surface area contributed by atoms with E-state index >= 15 is 0 Å². The van der Waals surface area contributed by atoms with Crippen LogP contribution >= 0.6 is 11.3 Å². The van der Waals surface area contributed by atoms with Crippen molar-refractivity contribution in [3.05, 3.63) is 39.5 Å². The summed E-state index contributed by atoms with van der Waals surface area (Å²) in [7, 11) is 0. The molecule has 2 aromatic rings. The number of hydrogen-bond donors (Lipinski definition) is 0. The third kappa shape index (κ3) is 3.96. The third-order valence-corrected chi connectivity index (χ3v) is 4.19. The second-order valence-electron chi connectivity index (χ2n) is 5.10. The number of ether oxygens (including phenoxy) is 1. The van der Waals surface area contributed by atoms with E-state index < -0.39 is 0 Å². The molecule has 0 spiro atoms. The fourth-order valence-corrected chi connectivity index (χ4v) is 2.87. The molecule has 0 unspecified atom stereocenters. The van der Waals surface area contributed by atoms with Crippen LogP contribution < -0.4 is 9.54 Å². The van der Waals surface area contributed by atoms with Gasteiger partial charge in [0.1, 0.15) is 0 Å². The smallest absolute Gasteiger partial charge is 0.312 e. The maximum absolute atomic E-state index is 12.3. The normalized spacial score (nSPS) is 11.6. The Bertz CT molecular complexity index is 785. The lowest BCUT2D eigenvalue weighted by Gasteiger charge is -2.07. The van der Waals surface area contributed by atoms with E-state index in [1.54, 1.807) is 13.8 Å². The summed E-state index contributed by atoms with van der Waals surface area (Å²) >= 11 is 1.33. The largest absolute Gasteiger partial charge is 0.408 e. The van der Waals surface area contributed by atoms with Gasteiger partial charge in [-0.2, -0.15) is 0 Å². The Labute approximate surface area is 139 Å². The lowest BCUT2D eigenvalue weighted by molar-refractivity contribution is -0.134. The predicted octanol–water partition coefficient (Wildman–Crippen LogP) is 3.76. The van der Waals surface area contributed by atoms with Gasteiger partial charge in [-0.05, 0) is 26.0 Å². The molecule has 2 rings (SSSR count). The summed E-state index contributed by atoms with van der Waals surface area (Å²) in [6, 6.07) is 7.71. The number of carbonyl (C=O) groups excluding carboxylic acids is 2. The van der Waals surface area contributed by atoms with Crippen LogP contribution in [0.1, 0.15) is 41.9 Å². The van der Waals surface area contributed by atoms with Crippen molar-refractivity contribution in [2.75, 3.05) is 0 Å². The molecule has 0 saturated heterocycles. The first kappa shape index (κ1) is 17.1. The van der Waals surface area contributed by atoms with Crippen molar-refractivity contribution < 1.29 is 14.3 Å². The molecule has 1 aromatic carbocycles. The molecule has 0 amide bonds. The van der Waals surface area contributed by atoms with Crippen molar-refractivity contribution in [3.8, 4) is 5.88 Å². The van der Waals surface area contributed by atoms with Gasteiger partial charge in [0.25, 0.3) is 0 Å². The van der Waals surface area contributed by atoms with Crippen LogP contribution in [0, 0.1) is 13.8 Å². The first-order valence-electron chi connectivity index (χ1n) is 7.54. The quantitative estimate of drug-likeness (QED) is 0.801. The van der Waals surface area contributed by atoms with Crippen molar-refractivity contribution in [2.45, 2.75) is 40.5 Å². The number of aryl methyl sites for hydroxylation is 2. The van der Waals surface area contributed by atoms with E-state index in [9.17, 15) is 9.59 Å². The number of esters is 1. The summed E-state index contributed by atoms with van der Waals surface area (Å²) in [5.74, 6) is -0.246. The fourth-order valence-electron chi connectivity index (χ4n) is 1.95. The highest BCUT2D eigenvalue weighted by Crippen LogP contribution is 2.22. The van der Waals surface area contributed by atoms with Gasteiger partial charge in [-0.25, -0.2) is 9.56 Å². The van der Waals surface area contributed by atoms with Gasteiger partial charge in [-0.3, -0.25) is 9.59 Å². The van der Waals surface area contributed by atoms with Crippen molar-refractivity contribution in [2.24, 2.45) is 4.99 Å². The average molecular weight is 332 g/mol. The van der Waals surface area contributed by atoms with E-state index in [2.05, 4.69) is 4.99 Å². The molecular formula is C17H20N2O3S. The predicted molar refractivity (Wildman–Crippen MR) is 90.3 cm³/mol. The number of aromatic nitrogens is 1. The molecule has 0 radical (unpaired) electrons. The zero-order valence-corrected chi connectivity index (χ0v) is 14.6. The summed E-state index contributed by atoms with van der Waals surface area (Å²) in [4.78, 5) is 29.7. The molecule has 0 bridgehead atoms. The monoisotopic (exact) mass is 332 g/mol. The summed E-state index contributed by atoms with van der Waals surface area (Å²) < 4.78 is 6.74. The molecule has 6 heteroatoms. The fraction of sp³-hybridized carbons (Fsp3) is 0.353. The van der Waals surface area contributed by atoms with Crippen LogP contribution in [-0.2, 0) is 4.79 Å². The Balaban J connectivity index is 2.59. The number of carbonyl (C=O) groups is 2.